The summed E-state index contributed by atoms with van der Waals surface area (Å²) in [5, 5.41) is 4.43. The Labute approximate surface area is 114 Å². The number of rotatable bonds is 7. The molecular weight excluding hydrogens is 274 g/mol. The zero-order valence-electron chi connectivity index (χ0n) is 10.2. The van der Waals surface area contributed by atoms with Gasteiger partial charge in [-0.1, -0.05) is 0 Å². The summed E-state index contributed by atoms with van der Waals surface area (Å²) in [6.45, 7) is 0.615. The highest BCUT2D eigenvalue weighted by molar-refractivity contribution is 7.99. The van der Waals surface area contributed by atoms with E-state index in [0.29, 0.717) is 22.9 Å². The minimum absolute atomic E-state index is 0.139. The lowest BCUT2D eigenvalue weighted by molar-refractivity contribution is -0.113. The van der Waals surface area contributed by atoms with Gasteiger partial charge in [-0.25, -0.2) is 4.79 Å². The second kappa shape index (κ2) is 8.12. The van der Waals surface area contributed by atoms with Crippen molar-refractivity contribution in [2.24, 2.45) is 0 Å². The monoisotopic (exact) mass is 289 g/mol. The first kappa shape index (κ1) is 15.0. The molecule has 0 aliphatic heterocycles. The van der Waals surface area contributed by atoms with E-state index in [-0.39, 0.29) is 5.91 Å². The standard InChI is InChI=1S/C11H15NO4S2/c1-15-4-6-17-7-9(13)12-8-3-5-18-10(8)11(14)16-2/h3,5H,4,6-7H2,1-2H3,(H,12,13). The predicted molar refractivity (Wildman–Crippen MR) is 73.5 cm³/mol. The van der Waals surface area contributed by atoms with E-state index >= 15 is 0 Å². The van der Waals surface area contributed by atoms with Crippen molar-refractivity contribution in [2.75, 3.05) is 37.6 Å². The number of amides is 1. The van der Waals surface area contributed by atoms with Gasteiger partial charge >= 0.3 is 5.97 Å². The minimum Gasteiger partial charge on any atom is -0.465 e. The zero-order valence-corrected chi connectivity index (χ0v) is 11.9. The van der Waals surface area contributed by atoms with Crippen molar-refractivity contribution in [1.82, 2.24) is 0 Å². The normalized spacial score (nSPS) is 10.1. The average Bonchev–Trinajstić information content (AvgIpc) is 2.82. The van der Waals surface area contributed by atoms with Gasteiger partial charge in [-0.15, -0.1) is 23.1 Å². The molecule has 7 heteroatoms. The van der Waals surface area contributed by atoms with Crippen LogP contribution >= 0.6 is 23.1 Å². The first-order valence-corrected chi connectivity index (χ1v) is 7.24. The molecule has 1 amide bonds. The minimum atomic E-state index is -0.438. The number of carbonyl (C=O) groups excluding carboxylic acids is 2. The lowest BCUT2D eigenvalue weighted by Gasteiger charge is -2.05. The van der Waals surface area contributed by atoms with E-state index in [1.54, 1.807) is 18.6 Å². The highest BCUT2D eigenvalue weighted by atomic mass is 32.2. The molecule has 18 heavy (non-hydrogen) atoms. The SMILES string of the molecule is COCCSCC(=O)Nc1ccsc1C(=O)OC. The Balaban J connectivity index is 2.44. The van der Waals surface area contributed by atoms with Gasteiger partial charge in [0, 0.05) is 12.9 Å². The molecule has 1 rings (SSSR count). The number of carbonyl (C=O) groups is 2. The van der Waals surface area contributed by atoms with Gasteiger partial charge in [-0.2, -0.15) is 0 Å². The molecule has 0 saturated carbocycles. The third-order valence-electron chi connectivity index (χ3n) is 1.98. The number of ether oxygens (including phenoxy) is 2. The summed E-state index contributed by atoms with van der Waals surface area (Å²) < 4.78 is 9.51. The molecule has 100 valence electrons. The molecular formula is C11H15NO4S2. The largest absolute Gasteiger partial charge is 0.465 e. The molecule has 0 unspecified atom stereocenters. The van der Waals surface area contributed by atoms with E-state index in [4.69, 9.17) is 4.74 Å². The van der Waals surface area contributed by atoms with Gasteiger partial charge < -0.3 is 14.8 Å². The van der Waals surface area contributed by atoms with Crippen molar-refractivity contribution in [3.63, 3.8) is 0 Å². The van der Waals surface area contributed by atoms with Crippen LogP contribution in [0.15, 0.2) is 11.4 Å². The summed E-state index contributed by atoms with van der Waals surface area (Å²) >= 11 is 2.72. The van der Waals surface area contributed by atoms with Crippen molar-refractivity contribution in [1.29, 1.82) is 0 Å². The lowest BCUT2D eigenvalue weighted by atomic mass is 10.4. The fourth-order valence-corrected chi connectivity index (χ4v) is 2.60. The third-order valence-corrected chi connectivity index (χ3v) is 3.79. The molecule has 0 atom stereocenters. The first-order chi connectivity index (χ1) is 8.69. The van der Waals surface area contributed by atoms with Gasteiger partial charge in [-0.3, -0.25) is 4.79 Å². The van der Waals surface area contributed by atoms with Crippen molar-refractivity contribution >= 4 is 40.7 Å². The molecule has 0 aliphatic carbocycles. The van der Waals surface area contributed by atoms with Gasteiger partial charge in [0.25, 0.3) is 0 Å². The predicted octanol–water partition coefficient (Wildman–Crippen LogP) is 1.85. The summed E-state index contributed by atoms with van der Waals surface area (Å²) in [7, 11) is 2.93. The van der Waals surface area contributed by atoms with Gasteiger partial charge in [0.2, 0.25) is 5.91 Å². The highest BCUT2D eigenvalue weighted by Gasteiger charge is 2.15. The van der Waals surface area contributed by atoms with E-state index in [9.17, 15) is 9.59 Å². The molecule has 1 heterocycles. The van der Waals surface area contributed by atoms with Crippen LogP contribution < -0.4 is 5.32 Å². The molecule has 1 aromatic heterocycles. The van der Waals surface area contributed by atoms with Crippen molar-refractivity contribution < 1.29 is 19.1 Å². The van der Waals surface area contributed by atoms with Crippen LogP contribution in [0.25, 0.3) is 0 Å². The summed E-state index contributed by atoms with van der Waals surface area (Å²) in [5.74, 6) is 0.518. The molecule has 0 bridgehead atoms. The van der Waals surface area contributed by atoms with E-state index in [1.807, 2.05) is 0 Å². The maximum absolute atomic E-state index is 11.6. The average molecular weight is 289 g/mol. The molecule has 0 radical (unpaired) electrons. The Kier molecular flexibility index (Phi) is 6.77. The fourth-order valence-electron chi connectivity index (χ4n) is 1.15. The second-order valence-electron chi connectivity index (χ2n) is 3.25. The number of esters is 1. The smallest absolute Gasteiger partial charge is 0.350 e. The molecule has 0 aliphatic rings. The van der Waals surface area contributed by atoms with Crippen LogP contribution in [0, 0.1) is 0 Å². The quantitative estimate of drug-likeness (QED) is 0.613. The number of thiophene rings is 1. The van der Waals surface area contributed by atoms with Crippen LogP contribution in [0.1, 0.15) is 9.67 Å². The molecule has 0 saturated heterocycles. The van der Waals surface area contributed by atoms with Gasteiger partial charge in [-0.05, 0) is 11.4 Å². The number of hydrogen-bond acceptors (Lipinski definition) is 6. The summed E-state index contributed by atoms with van der Waals surface area (Å²) in [6, 6.07) is 1.69. The summed E-state index contributed by atoms with van der Waals surface area (Å²) in [6.07, 6.45) is 0. The van der Waals surface area contributed by atoms with E-state index in [2.05, 4.69) is 10.1 Å². The van der Waals surface area contributed by atoms with Gasteiger partial charge in [0.1, 0.15) is 4.88 Å². The van der Waals surface area contributed by atoms with Crippen LogP contribution in [-0.4, -0.2) is 44.2 Å². The van der Waals surface area contributed by atoms with Crippen LogP contribution in [0.3, 0.4) is 0 Å². The first-order valence-electron chi connectivity index (χ1n) is 5.21. The van der Waals surface area contributed by atoms with Crippen LogP contribution in [-0.2, 0) is 14.3 Å². The number of anilines is 1. The topological polar surface area (TPSA) is 64.6 Å². The fraction of sp³-hybridized carbons (Fsp3) is 0.455. The number of nitrogens with one attached hydrogen (secondary N) is 1. The maximum Gasteiger partial charge on any atom is 0.350 e. The second-order valence-corrected chi connectivity index (χ2v) is 5.27. The molecule has 0 spiro atoms. The number of methoxy groups -OCH3 is 2. The maximum atomic E-state index is 11.6. The van der Waals surface area contributed by atoms with Crippen molar-refractivity contribution in [2.45, 2.75) is 0 Å². The van der Waals surface area contributed by atoms with Gasteiger partial charge in [0.05, 0.1) is 25.2 Å². The highest BCUT2D eigenvalue weighted by Crippen LogP contribution is 2.23. The third kappa shape index (κ3) is 4.67. The molecule has 0 aromatic carbocycles. The van der Waals surface area contributed by atoms with E-state index in [0.717, 1.165) is 5.75 Å². The Bertz CT molecular complexity index is 406. The number of hydrogen-bond donors (Lipinski definition) is 1. The van der Waals surface area contributed by atoms with Crippen molar-refractivity contribution in [3.8, 4) is 0 Å². The molecule has 0 fully saturated rings. The van der Waals surface area contributed by atoms with Crippen LogP contribution in [0.2, 0.25) is 0 Å². The van der Waals surface area contributed by atoms with Crippen LogP contribution in [0.5, 0.6) is 0 Å². The summed E-state index contributed by atoms with van der Waals surface area (Å²) in [4.78, 5) is 23.4. The number of thioether (sulfide) groups is 1. The Morgan fingerprint density at radius 3 is 2.89 bits per heavy atom. The Morgan fingerprint density at radius 2 is 2.22 bits per heavy atom. The molecule has 1 aromatic rings. The zero-order chi connectivity index (χ0) is 13.4. The van der Waals surface area contributed by atoms with Crippen molar-refractivity contribution in [3.05, 3.63) is 16.3 Å². The van der Waals surface area contributed by atoms with E-state index in [1.165, 1.54) is 30.2 Å². The molecule has 1 N–H and O–H groups in total. The summed E-state index contributed by atoms with van der Waals surface area (Å²) in [5.41, 5.74) is 0.504. The molecule has 5 nitrogen and oxygen atoms in total. The Hall–Kier alpha value is -1.05. The van der Waals surface area contributed by atoms with Gasteiger partial charge in [0.15, 0.2) is 0 Å². The van der Waals surface area contributed by atoms with E-state index < -0.39 is 5.97 Å². The van der Waals surface area contributed by atoms with Crippen LogP contribution in [0.4, 0.5) is 5.69 Å². The Morgan fingerprint density at radius 1 is 1.44 bits per heavy atom. The lowest BCUT2D eigenvalue weighted by Crippen LogP contribution is -2.16.